The van der Waals surface area contributed by atoms with Gasteiger partial charge in [0.2, 0.25) is 5.91 Å². The van der Waals surface area contributed by atoms with Crippen molar-refractivity contribution >= 4 is 54.8 Å². The zero-order valence-electron chi connectivity index (χ0n) is 20.1. The molecule has 1 amide bonds. The second kappa shape index (κ2) is 11.5. The van der Waals surface area contributed by atoms with Crippen LogP contribution in [-0.4, -0.2) is 28.0 Å². The van der Waals surface area contributed by atoms with Gasteiger partial charge in [0.05, 0.1) is 12.8 Å². The molecule has 6 nitrogen and oxygen atoms in total. The van der Waals surface area contributed by atoms with Crippen LogP contribution in [0.4, 0.5) is 11.4 Å². The zero-order valence-corrected chi connectivity index (χ0v) is 23.2. The number of halogens is 2. The molecule has 0 aliphatic heterocycles. The van der Waals surface area contributed by atoms with Crippen molar-refractivity contribution in [3.05, 3.63) is 80.8 Å². The van der Waals surface area contributed by atoms with E-state index >= 15 is 0 Å². The number of hydrogen-bond acceptors (Lipinski definition) is 4. The molecule has 0 unspecified atom stereocenters. The summed E-state index contributed by atoms with van der Waals surface area (Å²) in [5.41, 5.74) is 3.71. The molecule has 3 aromatic carbocycles. The molecular formula is C26H28BrClN2O4S. The van der Waals surface area contributed by atoms with Crippen LogP contribution in [0.5, 0.6) is 5.75 Å². The minimum Gasteiger partial charge on any atom is -0.495 e. The van der Waals surface area contributed by atoms with Crippen molar-refractivity contribution in [2.75, 3.05) is 23.3 Å². The Hall–Kier alpha value is -2.55. The van der Waals surface area contributed by atoms with Gasteiger partial charge in [-0.05, 0) is 85.0 Å². The summed E-state index contributed by atoms with van der Waals surface area (Å²) in [5.74, 6) is -0.258. The number of benzene rings is 3. The molecule has 0 saturated heterocycles. The van der Waals surface area contributed by atoms with E-state index in [2.05, 4.69) is 21.2 Å². The molecular weight excluding hydrogens is 552 g/mol. The molecule has 9 heteroatoms. The Morgan fingerprint density at radius 2 is 1.63 bits per heavy atom. The number of amides is 1. The molecule has 0 radical (unpaired) electrons. The highest BCUT2D eigenvalue weighted by Crippen LogP contribution is 2.32. The molecule has 0 aliphatic carbocycles. The molecule has 0 saturated carbocycles. The minimum absolute atomic E-state index is 0.0186. The molecule has 1 N–H and O–H groups in total. The van der Waals surface area contributed by atoms with Crippen LogP contribution in [0.2, 0.25) is 5.02 Å². The Morgan fingerprint density at radius 1 is 1.03 bits per heavy atom. The van der Waals surface area contributed by atoms with E-state index in [1.807, 2.05) is 26.0 Å². The van der Waals surface area contributed by atoms with Gasteiger partial charge in [-0.15, -0.1) is 0 Å². The molecule has 0 fully saturated rings. The van der Waals surface area contributed by atoms with Crippen LogP contribution in [0.25, 0.3) is 0 Å². The van der Waals surface area contributed by atoms with Gasteiger partial charge >= 0.3 is 0 Å². The Labute approximate surface area is 220 Å². The summed E-state index contributed by atoms with van der Waals surface area (Å²) in [6, 6.07) is 15.1. The smallest absolute Gasteiger partial charge is 0.268 e. The molecule has 0 spiro atoms. The number of sulfonamides is 1. The van der Waals surface area contributed by atoms with Gasteiger partial charge in [-0.3, -0.25) is 9.10 Å². The van der Waals surface area contributed by atoms with Gasteiger partial charge in [0.15, 0.2) is 0 Å². The maximum Gasteiger partial charge on any atom is 0.268 e. The number of aryl methyl sites for hydroxylation is 3. The molecule has 0 atom stereocenters. The number of ether oxygens (including phenoxy) is 1. The second-order valence-corrected chi connectivity index (χ2v) is 11.2. The van der Waals surface area contributed by atoms with Crippen molar-refractivity contribution in [1.29, 1.82) is 0 Å². The topological polar surface area (TPSA) is 75.7 Å². The maximum absolute atomic E-state index is 13.9. The summed E-state index contributed by atoms with van der Waals surface area (Å²) < 4.78 is 35.0. The normalized spacial score (nSPS) is 11.3. The van der Waals surface area contributed by atoms with E-state index in [-0.39, 0.29) is 10.6 Å². The molecule has 186 valence electrons. The summed E-state index contributed by atoms with van der Waals surface area (Å²) >= 11 is 9.56. The summed E-state index contributed by atoms with van der Waals surface area (Å²) in [6.45, 7) is 5.38. The molecule has 0 heterocycles. The monoisotopic (exact) mass is 578 g/mol. The van der Waals surface area contributed by atoms with Crippen LogP contribution < -0.4 is 14.4 Å². The average Bonchev–Trinajstić information content (AvgIpc) is 2.83. The first-order valence-corrected chi connectivity index (χ1v) is 13.8. The molecule has 3 aromatic rings. The van der Waals surface area contributed by atoms with Crippen molar-refractivity contribution in [2.45, 2.75) is 38.5 Å². The van der Waals surface area contributed by atoms with Gasteiger partial charge in [0.1, 0.15) is 17.2 Å². The Balaban J connectivity index is 2.05. The fraction of sp³-hybridized carbons (Fsp3) is 0.269. The van der Waals surface area contributed by atoms with E-state index in [1.54, 1.807) is 43.3 Å². The fourth-order valence-corrected chi connectivity index (χ4v) is 6.12. The summed E-state index contributed by atoms with van der Waals surface area (Å²) in [4.78, 5) is 13.3. The molecule has 0 aliphatic rings. The summed E-state index contributed by atoms with van der Waals surface area (Å²) in [6.07, 6.45) is 1.42. The van der Waals surface area contributed by atoms with Crippen molar-refractivity contribution in [2.24, 2.45) is 0 Å². The van der Waals surface area contributed by atoms with Gasteiger partial charge in [-0.25, -0.2) is 8.42 Å². The van der Waals surface area contributed by atoms with E-state index in [0.717, 1.165) is 25.5 Å². The highest BCUT2D eigenvalue weighted by Gasteiger charge is 2.30. The average molecular weight is 580 g/mol. The van der Waals surface area contributed by atoms with E-state index < -0.39 is 22.5 Å². The summed E-state index contributed by atoms with van der Waals surface area (Å²) in [5, 5.41) is 3.42. The Bertz CT molecular complexity index is 1300. The predicted octanol–water partition coefficient (Wildman–Crippen LogP) is 6.38. The lowest BCUT2D eigenvalue weighted by Gasteiger charge is -2.26. The van der Waals surface area contributed by atoms with Crippen LogP contribution in [0.1, 0.15) is 30.5 Å². The highest BCUT2D eigenvalue weighted by atomic mass is 79.9. The first kappa shape index (κ1) is 27.0. The van der Waals surface area contributed by atoms with Gasteiger partial charge < -0.3 is 10.1 Å². The SMILES string of the molecule is CCc1cc(Br)cc(CC)c1NC(=O)CN(c1ccc(Cl)cc1)S(=O)(=O)c1cc(C)ccc1OC. The van der Waals surface area contributed by atoms with E-state index in [0.29, 0.717) is 29.2 Å². The van der Waals surface area contributed by atoms with Crippen LogP contribution in [0, 0.1) is 6.92 Å². The van der Waals surface area contributed by atoms with Gasteiger partial charge in [0, 0.05) is 15.2 Å². The molecule has 3 rings (SSSR count). The third kappa shape index (κ3) is 6.18. The van der Waals surface area contributed by atoms with E-state index in [9.17, 15) is 13.2 Å². The lowest BCUT2D eigenvalue weighted by Crippen LogP contribution is -2.38. The molecule has 35 heavy (non-hydrogen) atoms. The van der Waals surface area contributed by atoms with Crippen molar-refractivity contribution in [3.63, 3.8) is 0 Å². The number of nitrogens with zero attached hydrogens (tertiary/aromatic N) is 1. The van der Waals surface area contributed by atoms with E-state index in [1.165, 1.54) is 13.2 Å². The van der Waals surface area contributed by atoms with E-state index in [4.69, 9.17) is 16.3 Å². The first-order chi connectivity index (χ1) is 16.6. The number of hydrogen-bond donors (Lipinski definition) is 1. The number of methoxy groups -OCH3 is 1. The Morgan fingerprint density at radius 3 is 2.17 bits per heavy atom. The lowest BCUT2D eigenvalue weighted by atomic mass is 10.0. The quantitative estimate of drug-likeness (QED) is 0.319. The Kier molecular flexibility index (Phi) is 8.85. The molecule has 0 aromatic heterocycles. The predicted molar refractivity (Wildman–Crippen MR) is 145 cm³/mol. The summed E-state index contributed by atoms with van der Waals surface area (Å²) in [7, 11) is -2.75. The number of carbonyl (C=O) groups is 1. The number of nitrogens with one attached hydrogen (secondary N) is 1. The fourth-order valence-electron chi connectivity index (χ4n) is 3.78. The third-order valence-corrected chi connectivity index (χ3v) is 8.09. The minimum atomic E-state index is -4.16. The highest BCUT2D eigenvalue weighted by molar-refractivity contribution is 9.10. The van der Waals surface area contributed by atoms with Crippen molar-refractivity contribution in [1.82, 2.24) is 0 Å². The zero-order chi connectivity index (χ0) is 25.8. The van der Waals surface area contributed by atoms with Crippen LogP contribution in [-0.2, 0) is 27.7 Å². The molecule has 0 bridgehead atoms. The van der Waals surface area contributed by atoms with Crippen LogP contribution in [0.3, 0.4) is 0 Å². The van der Waals surface area contributed by atoms with Crippen molar-refractivity contribution in [3.8, 4) is 5.75 Å². The third-order valence-electron chi connectivity index (χ3n) is 5.58. The number of carbonyl (C=O) groups excluding carboxylic acids is 1. The van der Waals surface area contributed by atoms with Crippen molar-refractivity contribution < 1.29 is 17.9 Å². The van der Waals surface area contributed by atoms with Crippen LogP contribution >= 0.6 is 27.5 Å². The largest absolute Gasteiger partial charge is 0.495 e. The standard InChI is InChI=1S/C26H28BrClN2O4S/c1-5-18-14-20(27)15-19(6-2)26(18)29-25(31)16-30(22-10-8-21(28)9-11-22)35(32,33)24-13-17(3)7-12-23(24)34-4/h7-15H,5-6,16H2,1-4H3,(H,29,31). The maximum atomic E-state index is 13.9. The number of rotatable bonds is 9. The first-order valence-electron chi connectivity index (χ1n) is 11.1. The number of anilines is 2. The van der Waals surface area contributed by atoms with Gasteiger partial charge in [0.25, 0.3) is 10.0 Å². The van der Waals surface area contributed by atoms with Crippen LogP contribution in [0.15, 0.2) is 64.0 Å². The second-order valence-electron chi connectivity index (χ2n) is 8.00. The van der Waals surface area contributed by atoms with Gasteiger partial charge in [-0.2, -0.15) is 0 Å². The lowest BCUT2D eigenvalue weighted by molar-refractivity contribution is -0.114. The van der Waals surface area contributed by atoms with Gasteiger partial charge in [-0.1, -0.05) is 47.4 Å².